The molecule has 2 aromatic carbocycles. The molecule has 2 amide bonds. The quantitative estimate of drug-likeness (QED) is 0.524. The van der Waals surface area contributed by atoms with Crippen molar-refractivity contribution in [3.8, 4) is 0 Å². The van der Waals surface area contributed by atoms with Crippen LogP contribution in [0, 0.1) is 5.92 Å². The average molecular weight is 424 g/mol. The molecule has 31 heavy (non-hydrogen) atoms. The third-order valence-electron chi connectivity index (χ3n) is 5.41. The highest BCUT2D eigenvalue weighted by Crippen LogP contribution is 2.34. The molecule has 1 aliphatic rings. The lowest BCUT2D eigenvalue weighted by Gasteiger charge is -2.27. The molecule has 3 rings (SSSR count). The molecular weight excluding hydrogens is 390 g/mol. The van der Waals surface area contributed by atoms with Gasteiger partial charge in [-0.3, -0.25) is 9.59 Å². The van der Waals surface area contributed by atoms with E-state index in [0.717, 1.165) is 29.7 Å². The van der Waals surface area contributed by atoms with Crippen LogP contribution in [-0.4, -0.2) is 43.0 Å². The number of carbonyl (C=O) groups excluding carboxylic acids is 2. The van der Waals surface area contributed by atoms with Gasteiger partial charge in [0.25, 0.3) is 11.8 Å². The van der Waals surface area contributed by atoms with E-state index in [1.165, 1.54) is 0 Å². The number of benzene rings is 2. The molecule has 0 saturated heterocycles. The summed E-state index contributed by atoms with van der Waals surface area (Å²) >= 11 is 0. The molecule has 0 aliphatic carbocycles. The highest BCUT2D eigenvalue weighted by atomic mass is 16.5. The summed E-state index contributed by atoms with van der Waals surface area (Å²) < 4.78 is 5.44. The van der Waals surface area contributed by atoms with Crippen molar-refractivity contribution < 1.29 is 14.3 Å². The van der Waals surface area contributed by atoms with E-state index >= 15 is 0 Å². The van der Waals surface area contributed by atoms with Crippen molar-refractivity contribution in [2.45, 2.75) is 39.8 Å². The van der Waals surface area contributed by atoms with Gasteiger partial charge in [0.05, 0.1) is 0 Å². The highest BCUT2D eigenvalue weighted by molar-refractivity contribution is 5.99. The smallest absolute Gasteiger partial charge is 0.256 e. The topological polar surface area (TPSA) is 70.7 Å². The SMILES string of the molecule is CCOCCCN1C(=O)c2ccccc2C1Nc1ccc(C(=O)NCCC(C)C)cc1. The molecule has 0 aromatic heterocycles. The number of amides is 2. The number of nitrogens with one attached hydrogen (secondary N) is 2. The minimum atomic E-state index is -0.240. The van der Waals surface area contributed by atoms with Crippen molar-refractivity contribution >= 4 is 17.5 Å². The van der Waals surface area contributed by atoms with E-state index in [1.54, 1.807) is 0 Å². The van der Waals surface area contributed by atoms with Gasteiger partial charge in [0, 0.05) is 48.7 Å². The summed E-state index contributed by atoms with van der Waals surface area (Å²) in [7, 11) is 0. The molecule has 6 nitrogen and oxygen atoms in total. The fraction of sp³-hybridized carbons (Fsp3) is 0.440. The van der Waals surface area contributed by atoms with Crippen LogP contribution in [0.15, 0.2) is 48.5 Å². The summed E-state index contributed by atoms with van der Waals surface area (Å²) in [5.41, 5.74) is 3.20. The first-order valence-electron chi connectivity index (χ1n) is 11.1. The number of rotatable bonds is 11. The zero-order valence-corrected chi connectivity index (χ0v) is 18.7. The minimum absolute atomic E-state index is 0.0331. The zero-order chi connectivity index (χ0) is 22.2. The van der Waals surface area contributed by atoms with Crippen molar-refractivity contribution in [1.29, 1.82) is 0 Å². The van der Waals surface area contributed by atoms with Gasteiger partial charge >= 0.3 is 0 Å². The largest absolute Gasteiger partial charge is 0.382 e. The maximum Gasteiger partial charge on any atom is 0.256 e. The van der Waals surface area contributed by atoms with E-state index in [9.17, 15) is 9.59 Å². The first-order chi connectivity index (χ1) is 15.0. The zero-order valence-electron chi connectivity index (χ0n) is 18.7. The molecule has 0 bridgehead atoms. The van der Waals surface area contributed by atoms with Gasteiger partial charge in [-0.2, -0.15) is 0 Å². The van der Waals surface area contributed by atoms with Crippen LogP contribution >= 0.6 is 0 Å². The second kappa shape index (κ2) is 11.0. The normalized spacial score (nSPS) is 15.3. The van der Waals surface area contributed by atoms with E-state index in [-0.39, 0.29) is 18.0 Å². The molecule has 1 unspecified atom stereocenters. The maximum absolute atomic E-state index is 12.9. The molecule has 0 radical (unpaired) electrons. The second-order valence-electron chi connectivity index (χ2n) is 8.20. The summed E-state index contributed by atoms with van der Waals surface area (Å²) in [5, 5.41) is 6.43. The van der Waals surface area contributed by atoms with E-state index in [4.69, 9.17) is 4.74 Å². The van der Waals surface area contributed by atoms with E-state index in [1.807, 2.05) is 60.4 Å². The van der Waals surface area contributed by atoms with Crippen LogP contribution < -0.4 is 10.6 Å². The van der Waals surface area contributed by atoms with Crippen molar-refractivity contribution in [2.24, 2.45) is 5.92 Å². The van der Waals surface area contributed by atoms with Gasteiger partial charge in [-0.15, -0.1) is 0 Å². The van der Waals surface area contributed by atoms with Crippen molar-refractivity contribution in [2.75, 3.05) is 31.6 Å². The molecule has 6 heteroatoms. The van der Waals surface area contributed by atoms with Gasteiger partial charge in [0.1, 0.15) is 6.17 Å². The Balaban J connectivity index is 1.68. The minimum Gasteiger partial charge on any atom is -0.382 e. The van der Waals surface area contributed by atoms with Crippen LogP contribution in [-0.2, 0) is 4.74 Å². The molecule has 166 valence electrons. The van der Waals surface area contributed by atoms with Crippen molar-refractivity contribution in [1.82, 2.24) is 10.2 Å². The van der Waals surface area contributed by atoms with Crippen LogP contribution in [0.4, 0.5) is 5.69 Å². The monoisotopic (exact) mass is 423 g/mol. The second-order valence-corrected chi connectivity index (χ2v) is 8.20. The number of carbonyl (C=O) groups is 2. The molecule has 2 N–H and O–H groups in total. The molecular formula is C25H33N3O3. The molecule has 1 atom stereocenters. The molecule has 0 spiro atoms. The van der Waals surface area contributed by atoms with Crippen molar-refractivity contribution in [3.05, 3.63) is 65.2 Å². The van der Waals surface area contributed by atoms with Crippen molar-refractivity contribution in [3.63, 3.8) is 0 Å². The van der Waals surface area contributed by atoms with Gasteiger partial charge in [-0.25, -0.2) is 0 Å². The number of anilines is 1. The third-order valence-corrected chi connectivity index (χ3v) is 5.41. The van der Waals surface area contributed by atoms with Gasteiger partial charge in [0.15, 0.2) is 0 Å². The number of ether oxygens (including phenoxy) is 1. The third kappa shape index (κ3) is 5.85. The Bertz CT molecular complexity index is 880. The first kappa shape index (κ1) is 22.8. The number of hydrogen-bond donors (Lipinski definition) is 2. The Morgan fingerprint density at radius 2 is 1.87 bits per heavy atom. The summed E-state index contributed by atoms with van der Waals surface area (Å²) in [5.74, 6) is 0.525. The summed E-state index contributed by atoms with van der Waals surface area (Å²) in [6.45, 7) is 8.83. The van der Waals surface area contributed by atoms with Crippen LogP contribution in [0.1, 0.15) is 66.1 Å². The fourth-order valence-corrected chi connectivity index (χ4v) is 3.69. The van der Waals surface area contributed by atoms with Crippen LogP contribution in [0.3, 0.4) is 0 Å². The van der Waals surface area contributed by atoms with E-state index in [2.05, 4.69) is 24.5 Å². The predicted octanol–water partition coefficient (Wildman–Crippen LogP) is 4.46. The Morgan fingerprint density at radius 3 is 2.58 bits per heavy atom. The Morgan fingerprint density at radius 1 is 1.13 bits per heavy atom. The molecule has 0 fully saturated rings. The van der Waals surface area contributed by atoms with E-state index in [0.29, 0.717) is 37.8 Å². The fourth-order valence-electron chi connectivity index (χ4n) is 3.69. The molecule has 2 aromatic rings. The average Bonchev–Trinajstić information content (AvgIpc) is 3.03. The maximum atomic E-state index is 12.9. The highest BCUT2D eigenvalue weighted by Gasteiger charge is 2.35. The van der Waals surface area contributed by atoms with Gasteiger partial charge in [-0.1, -0.05) is 32.0 Å². The summed E-state index contributed by atoms with van der Waals surface area (Å²) in [4.78, 5) is 27.1. The lowest BCUT2D eigenvalue weighted by molar-refractivity contribution is 0.0708. The van der Waals surface area contributed by atoms with Gasteiger partial charge in [-0.05, 0) is 56.0 Å². The van der Waals surface area contributed by atoms with Crippen LogP contribution in [0.2, 0.25) is 0 Å². The Kier molecular flexibility index (Phi) is 8.06. The van der Waals surface area contributed by atoms with Gasteiger partial charge < -0.3 is 20.3 Å². The number of nitrogens with zero attached hydrogens (tertiary/aromatic N) is 1. The lowest BCUT2D eigenvalue weighted by Crippen LogP contribution is -2.33. The Hall–Kier alpha value is -2.86. The van der Waals surface area contributed by atoms with Crippen LogP contribution in [0.25, 0.3) is 0 Å². The summed E-state index contributed by atoms with van der Waals surface area (Å²) in [6, 6.07) is 15.1. The van der Waals surface area contributed by atoms with Gasteiger partial charge in [0.2, 0.25) is 0 Å². The number of hydrogen-bond acceptors (Lipinski definition) is 4. The number of fused-ring (bicyclic) bond motifs is 1. The summed E-state index contributed by atoms with van der Waals surface area (Å²) in [6.07, 6.45) is 1.50. The van der Waals surface area contributed by atoms with Crippen LogP contribution in [0.5, 0.6) is 0 Å². The molecule has 0 saturated carbocycles. The standard InChI is InChI=1S/C25H33N3O3/c1-4-31-17-7-16-28-23(21-8-5-6-9-22(21)25(28)30)27-20-12-10-19(11-13-20)24(29)26-15-14-18(2)3/h5-6,8-13,18,23,27H,4,7,14-17H2,1-3H3,(H,26,29). The molecule has 1 aliphatic heterocycles. The Labute approximate surface area is 185 Å². The molecule has 1 heterocycles. The predicted molar refractivity (Wildman–Crippen MR) is 123 cm³/mol. The van der Waals surface area contributed by atoms with E-state index < -0.39 is 0 Å². The lowest BCUT2D eigenvalue weighted by atomic mass is 10.1. The first-order valence-corrected chi connectivity index (χ1v) is 11.1.